The molecule has 0 radical (unpaired) electrons. The Labute approximate surface area is 113 Å². The Bertz CT molecular complexity index is 238. The first-order chi connectivity index (χ1) is 8.43. The maximum Gasteiger partial charge on any atom is -0.00979 e. The molecule has 0 aromatic heterocycles. The quantitative estimate of drug-likeness (QED) is 0.304. The summed E-state index contributed by atoms with van der Waals surface area (Å²) in [5.74, 6) is 1.06. The van der Waals surface area contributed by atoms with Gasteiger partial charge in [-0.1, -0.05) is 57.8 Å². The second-order valence-electron chi connectivity index (χ2n) is 4.95. The fourth-order valence-corrected chi connectivity index (χ4v) is 2.48. The first-order valence-corrected chi connectivity index (χ1v) is 7.88. The van der Waals surface area contributed by atoms with Gasteiger partial charge in [0.25, 0.3) is 0 Å². The summed E-state index contributed by atoms with van der Waals surface area (Å²) < 4.78 is 0. The summed E-state index contributed by atoms with van der Waals surface area (Å²) in [6.45, 7) is 0. The molecule has 0 saturated heterocycles. The predicted molar refractivity (Wildman–Crippen MR) is 81.1 cm³/mol. The van der Waals surface area contributed by atoms with E-state index in [-0.39, 0.29) is 0 Å². The van der Waals surface area contributed by atoms with Crippen molar-refractivity contribution < 1.29 is 0 Å². The van der Waals surface area contributed by atoms with Gasteiger partial charge in [-0.05, 0) is 12.2 Å². The molecule has 0 nitrogen and oxygen atoms in total. The van der Waals surface area contributed by atoms with Crippen LogP contribution in [0.1, 0.15) is 63.4 Å². The Kier molecular flexibility index (Phi) is 9.40. The van der Waals surface area contributed by atoms with Gasteiger partial charge in [0.15, 0.2) is 0 Å². The first kappa shape index (κ1) is 14.8. The van der Waals surface area contributed by atoms with Crippen LogP contribution in [0.2, 0.25) is 0 Å². The SMILES string of the molecule is SCCCCCCCCCCC[c-]1cccc1. The molecule has 0 N–H and O–H groups in total. The lowest BCUT2D eigenvalue weighted by Gasteiger charge is -2.03. The Morgan fingerprint density at radius 2 is 1.12 bits per heavy atom. The van der Waals surface area contributed by atoms with Gasteiger partial charge in [0, 0.05) is 0 Å². The number of hydrogen-bond donors (Lipinski definition) is 1. The molecule has 1 aromatic carbocycles. The lowest BCUT2D eigenvalue weighted by atomic mass is 10.1. The van der Waals surface area contributed by atoms with Crippen LogP contribution in [-0.4, -0.2) is 5.75 Å². The largest absolute Gasteiger partial charge is 0.213 e. The van der Waals surface area contributed by atoms with Crippen molar-refractivity contribution in [2.24, 2.45) is 0 Å². The predicted octanol–water partition coefficient (Wildman–Crippen LogP) is 5.39. The van der Waals surface area contributed by atoms with Crippen molar-refractivity contribution >= 4 is 12.6 Å². The molecule has 1 heteroatoms. The minimum Gasteiger partial charge on any atom is -0.213 e. The summed E-state index contributed by atoms with van der Waals surface area (Å²) in [6.07, 6.45) is 13.8. The van der Waals surface area contributed by atoms with E-state index in [9.17, 15) is 0 Å². The highest BCUT2D eigenvalue weighted by Crippen LogP contribution is 2.12. The van der Waals surface area contributed by atoms with Crippen LogP contribution in [0.5, 0.6) is 0 Å². The van der Waals surface area contributed by atoms with Gasteiger partial charge in [-0.2, -0.15) is 30.3 Å². The number of unbranched alkanes of at least 4 members (excludes halogenated alkanes) is 8. The Hall–Kier alpha value is -0.300. The molecule has 0 aliphatic carbocycles. The Balaban J connectivity index is 1.76. The van der Waals surface area contributed by atoms with Gasteiger partial charge in [-0.15, -0.1) is 0 Å². The Morgan fingerprint density at radius 1 is 0.647 bits per heavy atom. The summed E-state index contributed by atoms with van der Waals surface area (Å²) in [6, 6.07) is 8.75. The summed E-state index contributed by atoms with van der Waals surface area (Å²) in [7, 11) is 0. The van der Waals surface area contributed by atoms with Gasteiger partial charge >= 0.3 is 0 Å². The highest BCUT2D eigenvalue weighted by atomic mass is 32.1. The third-order valence-electron chi connectivity index (χ3n) is 3.36. The van der Waals surface area contributed by atoms with E-state index in [0.29, 0.717) is 0 Å². The molecule has 0 aliphatic heterocycles. The van der Waals surface area contributed by atoms with Crippen molar-refractivity contribution in [2.45, 2.75) is 64.2 Å². The van der Waals surface area contributed by atoms with Crippen LogP contribution in [0.25, 0.3) is 0 Å². The van der Waals surface area contributed by atoms with Crippen LogP contribution in [0.15, 0.2) is 24.3 Å². The third-order valence-corrected chi connectivity index (χ3v) is 3.67. The van der Waals surface area contributed by atoms with Crippen molar-refractivity contribution in [1.82, 2.24) is 0 Å². The molecular formula is C16H27S-. The average molecular weight is 251 g/mol. The molecule has 0 unspecified atom stereocenters. The molecule has 0 atom stereocenters. The van der Waals surface area contributed by atoms with Gasteiger partial charge in [0.2, 0.25) is 0 Å². The van der Waals surface area contributed by atoms with Gasteiger partial charge < -0.3 is 0 Å². The highest BCUT2D eigenvalue weighted by molar-refractivity contribution is 7.80. The van der Waals surface area contributed by atoms with Crippen LogP contribution in [-0.2, 0) is 6.42 Å². The minimum absolute atomic E-state index is 1.06. The molecule has 1 rings (SSSR count). The maximum atomic E-state index is 4.23. The third kappa shape index (κ3) is 8.43. The summed E-state index contributed by atoms with van der Waals surface area (Å²) >= 11 is 4.23. The van der Waals surface area contributed by atoms with Crippen molar-refractivity contribution in [3.63, 3.8) is 0 Å². The molecule has 0 spiro atoms. The van der Waals surface area contributed by atoms with Crippen molar-refractivity contribution in [3.8, 4) is 0 Å². The molecule has 0 fully saturated rings. The normalized spacial score (nSPS) is 10.9. The lowest BCUT2D eigenvalue weighted by Crippen LogP contribution is -1.84. The van der Waals surface area contributed by atoms with E-state index in [1.165, 1.54) is 69.8 Å². The van der Waals surface area contributed by atoms with Gasteiger partial charge in [-0.25, -0.2) is 12.1 Å². The summed E-state index contributed by atoms with van der Waals surface area (Å²) in [5, 5.41) is 0. The highest BCUT2D eigenvalue weighted by Gasteiger charge is 1.92. The number of hydrogen-bond acceptors (Lipinski definition) is 1. The molecule has 1 aromatic rings. The number of thiol groups is 1. The minimum atomic E-state index is 1.06. The zero-order valence-electron chi connectivity index (χ0n) is 11.0. The first-order valence-electron chi connectivity index (χ1n) is 7.25. The van der Waals surface area contributed by atoms with Crippen LogP contribution in [0, 0.1) is 0 Å². The second-order valence-corrected chi connectivity index (χ2v) is 5.40. The number of aryl methyl sites for hydroxylation is 1. The maximum absolute atomic E-state index is 4.23. The van der Waals surface area contributed by atoms with E-state index in [2.05, 4.69) is 36.9 Å². The average Bonchev–Trinajstić information content (AvgIpc) is 2.85. The van der Waals surface area contributed by atoms with Crippen LogP contribution >= 0.6 is 12.6 Å². The molecular weight excluding hydrogens is 224 g/mol. The van der Waals surface area contributed by atoms with E-state index in [1.807, 2.05) is 0 Å². The molecule has 0 bridgehead atoms. The standard InChI is InChI=1S/C16H27S/c17-15-11-7-5-3-1-2-4-6-8-12-16-13-9-10-14-16/h9-10,13-14,17H,1-8,11-12,15H2/q-1. The van der Waals surface area contributed by atoms with E-state index in [1.54, 1.807) is 0 Å². The fraction of sp³-hybridized carbons (Fsp3) is 0.688. The molecule has 0 saturated carbocycles. The molecule has 98 valence electrons. The second kappa shape index (κ2) is 10.8. The number of rotatable bonds is 11. The van der Waals surface area contributed by atoms with E-state index >= 15 is 0 Å². The zero-order valence-corrected chi connectivity index (χ0v) is 11.9. The fourth-order valence-electron chi connectivity index (χ4n) is 2.26. The topological polar surface area (TPSA) is 0 Å². The van der Waals surface area contributed by atoms with Gasteiger partial charge in [0.1, 0.15) is 0 Å². The molecule has 17 heavy (non-hydrogen) atoms. The van der Waals surface area contributed by atoms with Crippen LogP contribution < -0.4 is 0 Å². The van der Waals surface area contributed by atoms with Gasteiger partial charge in [-0.3, -0.25) is 0 Å². The van der Waals surface area contributed by atoms with Crippen molar-refractivity contribution in [2.75, 3.05) is 5.75 Å². The monoisotopic (exact) mass is 251 g/mol. The van der Waals surface area contributed by atoms with Crippen molar-refractivity contribution in [1.29, 1.82) is 0 Å². The summed E-state index contributed by atoms with van der Waals surface area (Å²) in [4.78, 5) is 0. The summed E-state index contributed by atoms with van der Waals surface area (Å²) in [5.41, 5.74) is 1.51. The lowest BCUT2D eigenvalue weighted by molar-refractivity contribution is 0.566. The van der Waals surface area contributed by atoms with Gasteiger partial charge in [0.05, 0.1) is 0 Å². The zero-order chi connectivity index (χ0) is 12.2. The molecule has 0 heterocycles. The van der Waals surface area contributed by atoms with E-state index in [4.69, 9.17) is 0 Å². The van der Waals surface area contributed by atoms with Crippen molar-refractivity contribution in [3.05, 3.63) is 29.8 Å². The van der Waals surface area contributed by atoms with Crippen LogP contribution in [0.3, 0.4) is 0 Å². The molecule has 0 amide bonds. The molecule has 0 aliphatic rings. The Morgan fingerprint density at radius 3 is 1.65 bits per heavy atom. The van der Waals surface area contributed by atoms with E-state index in [0.717, 1.165) is 5.75 Å². The van der Waals surface area contributed by atoms with Crippen LogP contribution in [0.4, 0.5) is 0 Å². The van der Waals surface area contributed by atoms with E-state index < -0.39 is 0 Å². The smallest absolute Gasteiger partial charge is 0.00979 e.